The zero-order chi connectivity index (χ0) is 10.1. The van der Waals surface area contributed by atoms with Crippen LogP contribution in [0.3, 0.4) is 0 Å². The molecule has 0 heterocycles. The van der Waals surface area contributed by atoms with Crippen LogP contribution >= 0.6 is 0 Å². The summed E-state index contributed by atoms with van der Waals surface area (Å²) in [7, 11) is 1.34. The van der Waals surface area contributed by atoms with Gasteiger partial charge in [-0.1, -0.05) is 0 Å². The summed E-state index contributed by atoms with van der Waals surface area (Å²) in [6.45, 7) is 5.24. The molecular formula is C9H17NO3. The fourth-order valence-corrected chi connectivity index (χ4v) is 0.691. The normalized spacial score (nSPS) is 12.8. The molecule has 0 bridgehead atoms. The summed E-state index contributed by atoms with van der Waals surface area (Å²) in [6.07, 6.45) is 2.90. The van der Waals surface area contributed by atoms with Crippen LogP contribution in [0.5, 0.6) is 0 Å². The van der Waals surface area contributed by atoms with E-state index in [-0.39, 0.29) is 12.0 Å². The number of carbonyl (C=O) groups is 1. The van der Waals surface area contributed by atoms with E-state index >= 15 is 0 Å². The monoisotopic (exact) mass is 187 g/mol. The third-order valence-corrected chi connectivity index (χ3v) is 1.37. The minimum Gasteiger partial charge on any atom is -0.466 e. The van der Waals surface area contributed by atoms with Crippen molar-refractivity contribution in [2.24, 2.45) is 0 Å². The Balaban J connectivity index is 3.50. The molecule has 0 spiro atoms. The van der Waals surface area contributed by atoms with Gasteiger partial charge in [-0.25, -0.2) is 4.79 Å². The number of carbonyl (C=O) groups excluding carboxylic acids is 1. The summed E-state index contributed by atoms with van der Waals surface area (Å²) in [4.78, 5) is 10.6. The number of rotatable bonds is 6. The van der Waals surface area contributed by atoms with Crippen molar-refractivity contribution >= 4 is 5.97 Å². The lowest BCUT2D eigenvalue weighted by Gasteiger charge is -2.10. The second kappa shape index (κ2) is 7.61. The number of ether oxygens (including phenoxy) is 2. The highest BCUT2D eigenvalue weighted by molar-refractivity contribution is 5.81. The number of esters is 1. The highest BCUT2D eigenvalue weighted by Gasteiger charge is 1.97. The van der Waals surface area contributed by atoms with Gasteiger partial charge in [0.25, 0.3) is 0 Å². The van der Waals surface area contributed by atoms with Gasteiger partial charge in [-0.3, -0.25) is 0 Å². The molecule has 1 unspecified atom stereocenters. The van der Waals surface area contributed by atoms with Gasteiger partial charge in [0.1, 0.15) is 0 Å². The van der Waals surface area contributed by atoms with Crippen LogP contribution in [0.1, 0.15) is 13.8 Å². The number of hydrogen-bond donors (Lipinski definition) is 1. The Hall–Kier alpha value is -1.03. The molecule has 0 radical (unpaired) electrons. The van der Waals surface area contributed by atoms with E-state index in [1.54, 1.807) is 6.20 Å². The van der Waals surface area contributed by atoms with Crippen molar-refractivity contribution in [1.82, 2.24) is 5.32 Å². The minimum absolute atomic E-state index is 0.195. The maximum Gasteiger partial charge on any atom is 0.331 e. The molecule has 0 aromatic carbocycles. The average molecular weight is 187 g/mol. The first-order valence-electron chi connectivity index (χ1n) is 4.29. The first kappa shape index (κ1) is 12.0. The molecule has 1 atom stereocenters. The van der Waals surface area contributed by atoms with Gasteiger partial charge in [0, 0.05) is 24.9 Å². The van der Waals surface area contributed by atoms with Crippen LogP contribution in [0.2, 0.25) is 0 Å². The van der Waals surface area contributed by atoms with Crippen LogP contribution in [0.4, 0.5) is 0 Å². The van der Waals surface area contributed by atoms with E-state index in [4.69, 9.17) is 4.74 Å². The Labute approximate surface area is 78.9 Å². The fourth-order valence-electron chi connectivity index (χ4n) is 0.691. The summed E-state index contributed by atoms with van der Waals surface area (Å²) in [5.74, 6) is -0.365. The third-order valence-electron chi connectivity index (χ3n) is 1.37. The SMILES string of the molecule is CCOCC(C)N/C=C/C(=O)OC. The molecule has 4 heteroatoms. The zero-order valence-corrected chi connectivity index (χ0v) is 8.37. The number of nitrogens with one attached hydrogen (secondary N) is 1. The van der Waals surface area contributed by atoms with E-state index in [0.717, 1.165) is 0 Å². The maximum atomic E-state index is 10.6. The summed E-state index contributed by atoms with van der Waals surface area (Å²) < 4.78 is 9.58. The van der Waals surface area contributed by atoms with Gasteiger partial charge in [0.15, 0.2) is 0 Å². The summed E-state index contributed by atoms with van der Waals surface area (Å²) in [5, 5.41) is 2.98. The van der Waals surface area contributed by atoms with Crippen molar-refractivity contribution in [2.75, 3.05) is 20.3 Å². The molecule has 0 saturated heterocycles. The van der Waals surface area contributed by atoms with Crippen LogP contribution in [0, 0.1) is 0 Å². The van der Waals surface area contributed by atoms with E-state index in [1.807, 2.05) is 13.8 Å². The van der Waals surface area contributed by atoms with E-state index in [0.29, 0.717) is 13.2 Å². The van der Waals surface area contributed by atoms with Crippen LogP contribution in [0.25, 0.3) is 0 Å². The number of hydrogen-bond acceptors (Lipinski definition) is 4. The summed E-state index contributed by atoms with van der Waals surface area (Å²) in [6, 6.07) is 0.195. The van der Waals surface area contributed by atoms with E-state index in [2.05, 4.69) is 10.1 Å². The van der Waals surface area contributed by atoms with Crippen molar-refractivity contribution in [2.45, 2.75) is 19.9 Å². The van der Waals surface area contributed by atoms with Crippen molar-refractivity contribution in [3.8, 4) is 0 Å². The van der Waals surface area contributed by atoms with Crippen molar-refractivity contribution in [3.05, 3.63) is 12.3 Å². The Kier molecular flexibility index (Phi) is 7.01. The predicted octanol–water partition coefficient (Wildman–Crippen LogP) is 0.688. The standard InChI is InChI=1S/C9H17NO3/c1-4-13-7-8(2)10-6-5-9(11)12-3/h5-6,8,10H,4,7H2,1-3H3/b6-5+. The van der Waals surface area contributed by atoms with Gasteiger partial charge in [0.05, 0.1) is 13.7 Å². The second-order valence-electron chi connectivity index (χ2n) is 2.58. The Morgan fingerprint density at radius 2 is 2.31 bits per heavy atom. The van der Waals surface area contributed by atoms with Gasteiger partial charge in [-0.05, 0) is 13.8 Å². The molecule has 0 saturated carbocycles. The van der Waals surface area contributed by atoms with Crippen LogP contribution < -0.4 is 5.32 Å². The molecule has 0 fully saturated rings. The molecule has 0 aliphatic rings. The highest BCUT2D eigenvalue weighted by atomic mass is 16.5. The van der Waals surface area contributed by atoms with Gasteiger partial charge < -0.3 is 14.8 Å². The lowest BCUT2D eigenvalue weighted by molar-refractivity contribution is -0.134. The highest BCUT2D eigenvalue weighted by Crippen LogP contribution is 1.84. The molecule has 0 amide bonds. The molecule has 4 nitrogen and oxygen atoms in total. The van der Waals surface area contributed by atoms with E-state index in [1.165, 1.54) is 13.2 Å². The molecule has 0 aliphatic carbocycles. The molecule has 0 aliphatic heterocycles. The van der Waals surface area contributed by atoms with Crippen LogP contribution in [-0.4, -0.2) is 32.3 Å². The summed E-state index contributed by atoms with van der Waals surface area (Å²) in [5.41, 5.74) is 0. The van der Waals surface area contributed by atoms with Crippen molar-refractivity contribution in [1.29, 1.82) is 0 Å². The average Bonchev–Trinajstić information content (AvgIpc) is 2.14. The van der Waals surface area contributed by atoms with Gasteiger partial charge in [-0.15, -0.1) is 0 Å². The molecular weight excluding hydrogens is 170 g/mol. The maximum absolute atomic E-state index is 10.6. The molecule has 0 aromatic rings. The predicted molar refractivity (Wildman–Crippen MR) is 50.2 cm³/mol. The zero-order valence-electron chi connectivity index (χ0n) is 8.37. The van der Waals surface area contributed by atoms with Crippen LogP contribution in [-0.2, 0) is 14.3 Å². The topological polar surface area (TPSA) is 47.6 Å². The second-order valence-corrected chi connectivity index (χ2v) is 2.58. The van der Waals surface area contributed by atoms with Gasteiger partial charge in [0.2, 0.25) is 0 Å². The van der Waals surface area contributed by atoms with E-state index < -0.39 is 0 Å². The smallest absolute Gasteiger partial charge is 0.331 e. The first-order chi connectivity index (χ1) is 6.20. The molecule has 76 valence electrons. The van der Waals surface area contributed by atoms with E-state index in [9.17, 15) is 4.79 Å². The molecule has 13 heavy (non-hydrogen) atoms. The molecule has 0 rings (SSSR count). The molecule has 1 N–H and O–H groups in total. The minimum atomic E-state index is -0.365. The van der Waals surface area contributed by atoms with Gasteiger partial charge in [-0.2, -0.15) is 0 Å². The first-order valence-corrected chi connectivity index (χ1v) is 4.29. The largest absolute Gasteiger partial charge is 0.466 e. The Morgan fingerprint density at radius 3 is 2.85 bits per heavy atom. The Bertz CT molecular complexity index is 168. The third kappa shape index (κ3) is 7.33. The fraction of sp³-hybridized carbons (Fsp3) is 0.667. The quantitative estimate of drug-likeness (QED) is 0.491. The molecule has 0 aromatic heterocycles. The summed E-state index contributed by atoms with van der Waals surface area (Å²) >= 11 is 0. The number of methoxy groups -OCH3 is 1. The van der Waals surface area contributed by atoms with Gasteiger partial charge >= 0.3 is 5.97 Å². The van der Waals surface area contributed by atoms with Crippen molar-refractivity contribution in [3.63, 3.8) is 0 Å². The lowest BCUT2D eigenvalue weighted by Crippen LogP contribution is -2.26. The van der Waals surface area contributed by atoms with Crippen LogP contribution in [0.15, 0.2) is 12.3 Å². The lowest BCUT2D eigenvalue weighted by atomic mass is 10.4. The Morgan fingerprint density at radius 1 is 1.62 bits per heavy atom. The van der Waals surface area contributed by atoms with Crippen molar-refractivity contribution < 1.29 is 14.3 Å².